The van der Waals surface area contributed by atoms with Gasteiger partial charge in [0.25, 0.3) is 5.91 Å². The molecule has 1 aromatic heterocycles. The molecule has 1 amide bonds. The molecule has 1 fully saturated rings. The number of hydrogen-bond donors (Lipinski definition) is 2. The molecule has 4 heteroatoms. The fourth-order valence-electron chi connectivity index (χ4n) is 2.33. The zero-order valence-corrected chi connectivity index (χ0v) is 12.1. The van der Waals surface area contributed by atoms with Crippen molar-refractivity contribution in [3.8, 4) is 11.8 Å². The topological polar surface area (TPSA) is 55.1 Å². The minimum atomic E-state index is 0.0327. The second-order valence-electron chi connectivity index (χ2n) is 5.10. The Balaban J connectivity index is 1.91. The highest BCUT2D eigenvalue weighted by molar-refractivity contribution is 7.14. The van der Waals surface area contributed by atoms with Crippen LogP contribution in [0.4, 0.5) is 0 Å². The van der Waals surface area contributed by atoms with Crippen LogP contribution in [-0.2, 0) is 0 Å². The molecule has 0 unspecified atom stereocenters. The summed E-state index contributed by atoms with van der Waals surface area (Å²) in [6.07, 6.45) is 4.61. The van der Waals surface area contributed by atoms with E-state index >= 15 is 0 Å². The molecule has 1 aliphatic rings. The molecule has 0 saturated heterocycles. The summed E-state index contributed by atoms with van der Waals surface area (Å²) in [7, 11) is 0. The SMILES string of the molecule is CC1CCC(NC(=O)c2ccc(C#CCN)s2)CC1. The third-order valence-corrected chi connectivity index (χ3v) is 4.49. The number of rotatable bonds is 2. The molecule has 2 rings (SSSR count). The molecule has 102 valence electrons. The summed E-state index contributed by atoms with van der Waals surface area (Å²) in [6, 6.07) is 4.06. The molecule has 1 saturated carbocycles. The van der Waals surface area contributed by atoms with Crippen LogP contribution in [0.3, 0.4) is 0 Å². The number of nitrogens with one attached hydrogen (secondary N) is 1. The summed E-state index contributed by atoms with van der Waals surface area (Å²) in [5, 5.41) is 3.12. The zero-order valence-electron chi connectivity index (χ0n) is 11.2. The van der Waals surface area contributed by atoms with Gasteiger partial charge < -0.3 is 11.1 Å². The summed E-state index contributed by atoms with van der Waals surface area (Å²) in [6.45, 7) is 2.62. The second-order valence-corrected chi connectivity index (χ2v) is 6.18. The number of thiophene rings is 1. The summed E-state index contributed by atoms with van der Waals surface area (Å²) < 4.78 is 0. The average Bonchev–Trinajstić information content (AvgIpc) is 2.88. The molecular weight excluding hydrogens is 256 g/mol. The summed E-state index contributed by atoms with van der Waals surface area (Å²) in [5.41, 5.74) is 5.33. The standard InChI is InChI=1S/C15H20N2OS/c1-11-4-6-12(7-5-11)17-15(18)14-9-8-13(19-14)3-2-10-16/h8-9,11-12H,4-7,10,16H2,1H3,(H,17,18). The highest BCUT2D eigenvalue weighted by Gasteiger charge is 2.20. The van der Waals surface area contributed by atoms with Crippen molar-refractivity contribution in [3.05, 3.63) is 21.9 Å². The highest BCUT2D eigenvalue weighted by atomic mass is 32.1. The Morgan fingerprint density at radius 2 is 2.16 bits per heavy atom. The van der Waals surface area contributed by atoms with Gasteiger partial charge in [0.2, 0.25) is 0 Å². The van der Waals surface area contributed by atoms with E-state index in [1.54, 1.807) is 0 Å². The third kappa shape index (κ3) is 4.09. The van der Waals surface area contributed by atoms with Crippen LogP contribution in [0, 0.1) is 17.8 Å². The van der Waals surface area contributed by atoms with Gasteiger partial charge in [-0.05, 0) is 43.7 Å². The van der Waals surface area contributed by atoms with E-state index in [1.165, 1.54) is 24.2 Å². The molecule has 19 heavy (non-hydrogen) atoms. The molecule has 0 spiro atoms. The van der Waals surface area contributed by atoms with Gasteiger partial charge >= 0.3 is 0 Å². The lowest BCUT2D eigenvalue weighted by Crippen LogP contribution is -2.36. The average molecular weight is 276 g/mol. The second kappa shape index (κ2) is 6.74. The smallest absolute Gasteiger partial charge is 0.261 e. The van der Waals surface area contributed by atoms with Gasteiger partial charge in [0.05, 0.1) is 16.3 Å². The minimum absolute atomic E-state index is 0.0327. The van der Waals surface area contributed by atoms with Gasteiger partial charge in [-0.2, -0.15) is 0 Å². The van der Waals surface area contributed by atoms with E-state index in [0.717, 1.165) is 28.5 Å². The van der Waals surface area contributed by atoms with E-state index in [1.807, 2.05) is 12.1 Å². The van der Waals surface area contributed by atoms with E-state index in [0.29, 0.717) is 12.6 Å². The molecule has 3 nitrogen and oxygen atoms in total. The van der Waals surface area contributed by atoms with Crippen LogP contribution in [0.5, 0.6) is 0 Å². The molecule has 0 bridgehead atoms. The zero-order chi connectivity index (χ0) is 13.7. The van der Waals surface area contributed by atoms with Crippen molar-refractivity contribution in [1.82, 2.24) is 5.32 Å². The maximum atomic E-state index is 12.1. The van der Waals surface area contributed by atoms with Crippen LogP contribution in [0.15, 0.2) is 12.1 Å². The van der Waals surface area contributed by atoms with Gasteiger partial charge in [0, 0.05) is 6.04 Å². The van der Waals surface area contributed by atoms with Crippen molar-refractivity contribution < 1.29 is 4.79 Å². The van der Waals surface area contributed by atoms with Gasteiger partial charge in [0.15, 0.2) is 0 Å². The number of carbonyl (C=O) groups is 1. The summed E-state index contributed by atoms with van der Waals surface area (Å²) in [4.78, 5) is 13.7. The largest absolute Gasteiger partial charge is 0.349 e. The Labute approximate surface area is 118 Å². The van der Waals surface area contributed by atoms with E-state index in [-0.39, 0.29) is 5.91 Å². The molecule has 1 aromatic rings. The molecule has 3 N–H and O–H groups in total. The van der Waals surface area contributed by atoms with Crippen LogP contribution in [0.2, 0.25) is 0 Å². The first-order chi connectivity index (χ1) is 9.19. The van der Waals surface area contributed by atoms with Crippen LogP contribution < -0.4 is 11.1 Å². The highest BCUT2D eigenvalue weighted by Crippen LogP contribution is 2.24. The lowest BCUT2D eigenvalue weighted by atomic mass is 9.87. The van der Waals surface area contributed by atoms with Gasteiger partial charge in [-0.3, -0.25) is 4.79 Å². The van der Waals surface area contributed by atoms with E-state index in [9.17, 15) is 4.79 Å². The fraction of sp³-hybridized carbons (Fsp3) is 0.533. The first kappa shape index (κ1) is 14.1. The number of hydrogen-bond acceptors (Lipinski definition) is 3. The Morgan fingerprint density at radius 3 is 2.84 bits per heavy atom. The number of amides is 1. The van der Waals surface area contributed by atoms with Crippen LogP contribution in [0.25, 0.3) is 0 Å². The maximum Gasteiger partial charge on any atom is 0.261 e. The summed E-state index contributed by atoms with van der Waals surface area (Å²) >= 11 is 1.43. The van der Waals surface area contributed by atoms with Gasteiger partial charge in [0.1, 0.15) is 0 Å². The van der Waals surface area contributed by atoms with Crippen molar-refractivity contribution >= 4 is 17.2 Å². The Bertz CT molecular complexity index is 490. The normalized spacial score (nSPS) is 22.4. The van der Waals surface area contributed by atoms with E-state index < -0.39 is 0 Å². The monoisotopic (exact) mass is 276 g/mol. The van der Waals surface area contributed by atoms with Gasteiger partial charge in [-0.1, -0.05) is 18.8 Å². The molecular formula is C15H20N2OS. The lowest BCUT2D eigenvalue weighted by molar-refractivity contribution is 0.0927. The fourth-order valence-corrected chi connectivity index (χ4v) is 3.11. The van der Waals surface area contributed by atoms with Crippen molar-refractivity contribution in [2.45, 2.75) is 38.6 Å². The first-order valence-corrected chi connectivity index (χ1v) is 7.60. The third-order valence-electron chi connectivity index (χ3n) is 3.49. The van der Waals surface area contributed by atoms with Crippen molar-refractivity contribution in [1.29, 1.82) is 0 Å². The molecule has 0 atom stereocenters. The molecule has 0 radical (unpaired) electrons. The molecule has 1 aliphatic carbocycles. The van der Waals surface area contributed by atoms with Gasteiger partial charge in [-0.25, -0.2) is 0 Å². The molecule has 0 aromatic carbocycles. The van der Waals surface area contributed by atoms with Gasteiger partial charge in [-0.15, -0.1) is 11.3 Å². The molecule has 0 aliphatic heterocycles. The summed E-state index contributed by atoms with van der Waals surface area (Å²) in [5.74, 6) is 6.58. The van der Waals surface area contributed by atoms with Crippen molar-refractivity contribution in [2.24, 2.45) is 11.7 Å². The van der Waals surface area contributed by atoms with Crippen molar-refractivity contribution in [3.63, 3.8) is 0 Å². The predicted octanol–water partition coefficient (Wildman–Crippen LogP) is 2.37. The van der Waals surface area contributed by atoms with Crippen LogP contribution in [-0.4, -0.2) is 18.5 Å². The Kier molecular flexibility index (Phi) is 5.00. The Hall–Kier alpha value is -1.31. The maximum absolute atomic E-state index is 12.1. The lowest BCUT2D eigenvalue weighted by Gasteiger charge is -2.26. The predicted molar refractivity (Wildman–Crippen MR) is 79.1 cm³/mol. The van der Waals surface area contributed by atoms with E-state index in [2.05, 4.69) is 24.1 Å². The first-order valence-electron chi connectivity index (χ1n) is 6.78. The minimum Gasteiger partial charge on any atom is -0.349 e. The van der Waals surface area contributed by atoms with Crippen LogP contribution in [0.1, 0.15) is 47.2 Å². The number of nitrogens with two attached hydrogens (primary N) is 1. The van der Waals surface area contributed by atoms with E-state index in [4.69, 9.17) is 5.73 Å². The quantitative estimate of drug-likeness (QED) is 0.815. The Morgan fingerprint density at radius 1 is 1.42 bits per heavy atom. The van der Waals surface area contributed by atoms with Crippen LogP contribution >= 0.6 is 11.3 Å². The van der Waals surface area contributed by atoms with Crippen molar-refractivity contribution in [2.75, 3.05) is 6.54 Å². The number of carbonyl (C=O) groups excluding carboxylic acids is 1. The molecule has 1 heterocycles.